The largest absolute Gasteiger partial charge is 0.504 e. The summed E-state index contributed by atoms with van der Waals surface area (Å²) < 4.78 is 10.3. The fourth-order valence-electron chi connectivity index (χ4n) is 1.64. The molecule has 0 unspecified atom stereocenters. The number of aliphatic hydroxyl groups excluding tert-OH is 2. The Kier molecular flexibility index (Phi) is 2.72. The summed E-state index contributed by atoms with van der Waals surface area (Å²) in [6.07, 6.45) is 0. The van der Waals surface area contributed by atoms with E-state index in [1.807, 2.05) is 0 Å². The van der Waals surface area contributed by atoms with Crippen LogP contribution in [0.25, 0.3) is 11.0 Å². The number of hydrogen-bond donors (Lipinski definition) is 3. The maximum absolute atomic E-state index is 9.76. The molecule has 0 bridgehead atoms. The summed E-state index contributed by atoms with van der Waals surface area (Å²) in [4.78, 5) is 0. The van der Waals surface area contributed by atoms with Crippen molar-refractivity contribution < 1.29 is 24.5 Å². The van der Waals surface area contributed by atoms with Gasteiger partial charge in [-0.1, -0.05) is 0 Å². The predicted octanol–water partition coefficient (Wildman–Crippen LogP) is 1.13. The highest BCUT2D eigenvalue weighted by Gasteiger charge is 2.16. The molecule has 0 saturated heterocycles. The number of hydrogen-bond acceptors (Lipinski definition) is 5. The number of ether oxygens (including phenoxy) is 1. The molecule has 3 N–H and O–H groups in total. The van der Waals surface area contributed by atoms with Gasteiger partial charge in [-0.15, -0.1) is 0 Å². The summed E-state index contributed by atoms with van der Waals surface area (Å²) >= 11 is 0. The van der Waals surface area contributed by atoms with Gasteiger partial charge in [-0.3, -0.25) is 0 Å². The lowest BCUT2D eigenvalue weighted by Gasteiger charge is -2.07. The zero-order valence-corrected chi connectivity index (χ0v) is 8.73. The Bertz CT molecular complexity index is 515. The molecule has 5 nitrogen and oxygen atoms in total. The van der Waals surface area contributed by atoms with Crippen molar-refractivity contribution in [3.8, 4) is 11.5 Å². The first-order valence-electron chi connectivity index (χ1n) is 4.74. The third kappa shape index (κ3) is 1.50. The number of aliphatic hydroxyl groups is 2. The van der Waals surface area contributed by atoms with Crippen LogP contribution in [-0.4, -0.2) is 22.4 Å². The number of rotatable bonds is 3. The molecular formula is C11H12O5. The molecule has 0 radical (unpaired) electrons. The molecule has 0 spiro atoms. The van der Waals surface area contributed by atoms with Gasteiger partial charge in [0.2, 0.25) is 5.75 Å². The average Bonchev–Trinajstić information content (AvgIpc) is 2.71. The standard InChI is InChI=1S/C11H12O5/c1-15-11-9(14)7(4-12)2-6-3-8(5-13)16-10(6)11/h2-3,12-14H,4-5H2,1H3. The summed E-state index contributed by atoms with van der Waals surface area (Å²) in [6.45, 7) is -0.523. The molecule has 0 aliphatic heterocycles. The third-order valence-corrected chi connectivity index (χ3v) is 2.40. The topological polar surface area (TPSA) is 83.1 Å². The van der Waals surface area contributed by atoms with Crippen LogP contribution in [0.3, 0.4) is 0 Å². The Labute approximate surface area is 91.5 Å². The van der Waals surface area contributed by atoms with Crippen molar-refractivity contribution in [2.24, 2.45) is 0 Å². The monoisotopic (exact) mass is 224 g/mol. The van der Waals surface area contributed by atoms with E-state index in [0.717, 1.165) is 0 Å². The molecule has 5 heteroatoms. The van der Waals surface area contributed by atoms with Gasteiger partial charge in [0, 0.05) is 10.9 Å². The van der Waals surface area contributed by atoms with E-state index in [1.165, 1.54) is 7.11 Å². The number of fused-ring (bicyclic) bond motifs is 1. The van der Waals surface area contributed by atoms with Crippen LogP contribution in [0, 0.1) is 0 Å². The maximum Gasteiger partial charge on any atom is 0.204 e. The minimum atomic E-state index is -0.294. The first kappa shape index (κ1) is 10.8. The van der Waals surface area contributed by atoms with Crippen molar-refractivity contribution in [1.82, 2.24) is 0 Å². The maximum atomic E-state index is 9.76. The number of phenols is 1. The molecule has 0 amide bonds. The van der Waals surface area contributed by atoms with Crippen molar-refractivity contribution in [1.29, 1.82) is 0 Å². The molecule has 86 valence electrons. The quantitative estimate of drug-likeness (QED) is 0.728. The van der Waals surface area contributed by atoms with Crippen LogP contribution >= 0.6 is 0 Å². The predicted molar refractivity (Wildman–Crippen MR) is 56.3 cm³/mol. The van der Waals surface area contributed by atoms with Crippen molar-refractivity contribution in [2.45, 2.75) is 13.2 Å². The van der Waals surface area contributed by atoms with E-state index in [1.54, 1.807) is 12.1 Å². The second kappa shape index (κ2) is 4.03. The van der Waals surface area contributed by atoms with Gasteiger partial charge < -0.3 is 24.5 Å². The highest BCUT2D eigenvalue weighted by Crippen LogP contribution is 2.39. The summed E-state index contributed by atoms with van der Waals surface area (Å²) in [7, 11) is 1.40. The van der Waals surface area contributed by atoms with Crippen LogP contribution in [0.2, 0.25) is 0 Å². The molecule has 1 aromatic carbocycles. The molecule has 1 aromatic heterocycles. The SMILES string of the molecule is COc1c(O)c(CO)cc2cc(CO)oc12. The summed E-state index contributed by atoms with van der Waals surface area (Å²) in [6, 6.07) is 3.23. The Hall–Kier alpha value is -1.72. The molecule has 0 aliphatic rings. The van der Waals surface area contributed by atoms with E-state index in [0.29, 0.717) is 22.3 Å². The summed E-state index contributed by atoms with van der Waals surface area (Å²) in [5.74, 6) is 0.403. The highest BCUT2D eigenvalue weighted by molar-refractivity contribution is 5.87. The van der Waals surface area contributed by atoms with E-state index in [2.05, 4.69) is 0 Å². The van der Waals surface area contributed by atoms with E-state index in [-0.39, 0.29) is 24.7 Å². The van der Waals surface area contributed by atoms with Crippen molar-refractivity contribution >= 4 is 11.0 Å². The van der Waals surface area contributed by atoms with E-state index >= 15 is 0 Å². The number of aromatic hydroxyl groups is 1. The van der Waals surface area contributed by atoms with E-state index in [9.17, 15) is 5.11 Å². The van der Waals surface area contributed by atoms with E-state index < -0.39 is 0 Å². The van der Waals surface area contributed by atoms with Crippen molar-refractivity contribution in [3.05, 3.63) is 23.5 Å². The summed E-state index contributed by atoms with van der Waals surface area (Å²) in [5, 5.41) is 28.4. The molecule has 0 aliphatic carbocycles. The van der Waals surface area contributed by atoms with Crippen LogP contribution in [0.1, 0.15) is 11.3 Å². The van der Waals surface area contributed by atoms with Gasteiger partial charge in [0.05, 0.1) is 13.7 Å². The lowest BCUT2D eigenvalue weighted by atomic mass is 10.1. The number of furan rings is 1. The molecule has 0 atom stereocenters. The van der Waals surface area contributed by atoms with Gasteiger partial charge in [0.15, 0.2) is 11.3 Å². The van der Waals surface area contributed by atoms with Crippen LogP contribution in [0.4, 0.5) is 0 Å². The minimum Gasteiger partial charge on any atom is -0.504 e. The average molecular weight is 224 g/mol. The molecule has 0 fully saturated rings. The molecular weight excluding hydrogens is 212 g/mol. The lowest BCUT2D eigenvalue weighted by molar-refractivity contribution is 0.249. The van der Waals surface area contributed by atoms with Crippen LogP contribution in [0.5, 0.6) is 11.5 Å². The highest BCUT2D eigenvalue weighted by atomic mass is 16.5. The second-order valence-electron chi connectivity index (χ2n) is 3.36. The van der Waals surface area contributed by atoms with Gasteiger partial charge in [-0.05, 0) is 12.1 Å². The normalized spacial score (nSPS) is 10.9. The van der Waals surface area contributed by atoms with Crippen LogP contribution in [-0.2, 0) is 13.2 Å². The molecule has 0 saturated carbocycles. The van der Waals surface area contributed by atoms with Gasteiger partial charge in [-0.2, -0.15) is 0 Å². The van der Waals surface area contributed by atoms with E-state index in [4.69, 9.17) is 19.4 Å². The van der Waals surface area contributed by atoms with Crippen LogP contribution < -0.4 is 4.74 Å². The van der Waals surface area contributed by atoms with Crippen molar-refractivity contribution in [2.75, 3.05) is 7.11 Å². The number of methoxy groups -OCH3 is 1. The third-order valence-electron chi connectivity index (χ3n) is 2.40. The van der Waals surface area contributed by atoms with Gasteiger partial charge in [-0.25, -0.2) is 0 Å². The lowest BCUT2D eigenvalue weighted by Crippen LogP contribution is -1.90. The fraction of sp³-hybridized carbons (Fsp3) is 0.273. The Balaban J connectivity index is 2.76. The van der Waals surface area contributed by atoms with Gasteiger partial charge in [0.25, 0.3) is 0 Å². The Morgan fingerprint density at radius 1 is 1.25 bits per heavy atom. The molecule has 2 aromatic rings. The Morgan fingerprint density at radius 3 is 2.56 bits per heavy atom. The second-order valence-corrected chi connectivity index (χ2v) is 3.36. The van der Waals surface area contributed by atoms with Crippen LogP contribution in [0.15, 0.2) is 16.5 Å². The molecule has 16 heavy (non-hydrogen) atoms. The first-order chi connectivity index (χ1) is 7.71. The smallest absolute Gasteiger partial charge is 0.204 e. The molecule has 1 heterocycles. The zero-order valence-electron chi connectivity index (χ0n) is 8.73. The van der Waals surface area contributed by atoms with Gasteiger partial charge in [0.1, 0.15) is 12.4 Å². The fourth-order valence-corrected chi connectivity index (χ4v) is 1.64. The molecule has 2 rings (SSSR count). The Morgan fingerprint density at radius 2 is 2.00 bits per heavy atom. The summed E-state index contributed by atoms with van der Waals surface area (Å²) in [5.41, 5.74) is 0.718. The minimum absolute atomic E-state index is 0.142. The first-order valence-corrected chi connectivity index (χ1v) is 4.74. The van der Waals surface area contributed by atoms with Crippen molar-refractivity contribution in [3.63, 3.8) is 0 Å². The number of benzene rings is 1. The van der Waals surface area contributed by atoms with Gasteiger partial charge >= 0.3 is 0 Å². The zero-order chi connectivity index (χ0) is 11.7.